The third-order valence-corrected chi connectivity index (χ3v) is 8.06. The van der Waals surface area contributed by atoms with Gasteiger partial charge in [-0.25, -0.2) is 0 Å². The quantitative estimate of drug-likeness (QED) is 0.127. The number of thiophene rings is 1. The molecule has 0 aliphatic carbocycles. The number of hydrogen-bond donors (Lipinski definition) is 3. The normalized spacial score (nSPS) is 12.3. The van der Waals surface area contributed by atoms with E-state index in [4.69, 9.17) is 0 Å². The summed E-state index contributed by atoms with van der Waals surface area (Å²) in [6.07, 6.45) is -2.68. The summed E-state index contributed by atoms with van der Waals surface area (Å²) in [5.74, 6) is -1.57. The first-order valence-electron chi connectivity index (χ1n) is 12.8. The Morgan fingerprint density at radius 3 is 2.33 bits per heavy atom. The van der Waals surface area contributed by atoms with Crippen LogP contribution in [-0.2, 0) is 15.8 Å². The number of amides is 3. The Morgan fingerprint density at radius 1 is 0.905 bits per heavy atom. The number of carbonyl (C=O) groups excluding carboxylic acids is 3. The highest BCUT2D eigenvalue weighted by Gasteiger charge is 2.34. The highest BCUT2D eigenvalue weighted by Crippen LogP contribution is 2.35. The maximum atomic E-state index is 13.4. The maximum absolute atomic E-state index is 13.4. The number of para-hydroxylation sites is 1. The second-order valence-corrected chi connectivity index (χ2v) is 11.2. The number of halogens is 3. The summed E-state index contributed by atoms with van der Waals surface area (Å²) < 4.78 is 40.1. The van der Waals surface area contributed by atoms with Gasteiger partial charge in [0.15, 0.2) is 0 Å². The number of carbonyl (C=O) groups is 3. The van der Waals surface area contributed by atoms with Crippen LogP contribution in [0.15, 0.2) is 107 Å². The molecule has 0 aliphatic rings. The first kappa shape index (κ1) is 30.6. The summed E-state index contributed by atoms with van der Waals surface area (Å²) in [6.45, 7) is 1.76. The maximum Gasteiger partial charge on any atom is 0.418 e. The van der Waals surface area contributed by atoms with Crippen molar-refractivity contribution in [1.29, 1.82) is 0 Å². The zero-order chi connectivity index (χ0) is 30.1. The van der Waals surface area contributed by atoms with Crippen molar-refractivity contribution in [1.82, 2.24) is 5.32 Å². The topological polar surface area (TPSA) is 87.3 Å². The average Bonchev–Trinajstić information content (AvgIpc) is 3.49. The third kappa shape index (κ3) is 8.34. The van der Waals surface area contributed by atoms with Crippen LogP contribution in [0.1, 0.15) is 34.1 Å². The second-order valence-electron chi connectivity index (χ2n) is 8.92. The van der Waals surface area contributed by atoms with Gasteiger partial charge in [0.1, 0.15) is 5.70 Å². The third-order valence-electron chi connectivity index (χ3n) is 5.88. The van der Waals surface area contributed by atoms with Crippen molar-refractivity contribution >= 4 is 58.3 Å². The number of nitrogens with one attached hydrogen (secondary N) is 3. The molecule has 0 spiro atoms. The Balaban J connectivity index is 1.48. The molecule has 3 aromatic carbocycles. The SMILES string of the molecule is CCC(Sc1cccc(NC(=O)/C(=C/c2cccs2)NC(=O)c2ccccc2)c1)C(=O)Nc1ccccc1C(F)(F)F. The van der Waals surface area contributed by atoms with Crippen molar-refractivity contribution in [2.75, 3.05) is 10.6 Å². The van der Waals surface area contributed by atoms with E-state index in [9.17, 15) is 27.6 Å². The number of rotatable bonds is 10. The number of hydrogen-bond acceptors (Lipinski definition) is 5. The van der Waals surface area contributed by atoms with Gasteiger partial charge in [-0.3, -0.25) is 14.4 Å². The van der Waals surface area contributed by atoms with Crippen LogP contribution in [0.25, 0.3) is 6.08 Å². The molecule has 0 fully saturated rings. The van der Waals surface area contributed by atoms with Gasteiger partial charge in [-0.1, -0.05) is 49.4 Å². The summed E-state index contributed by atoms with van der Waals surface area (Å²) in [7, 11) is 0. The lowest BCUT2D eigenvalue weighted by molar-refractivity contribution is -0.137. The highest BCUT2D eigenvalue weighted by molar-refractivity contribution is 8.00. The smallest absolute Gasteiger partial charge is 0.325 e. The molecular weight excluding hydrogens is 583 g/mol. The number of anilines is 2. The minimum absolute atomic E-state index is 0.0403. The fraction of sp³-hybridized carbons (Fsp3) is 0.129. The molecule has 6 nitrogen and oxygen atoms in total. The van der Waals surface area contributed by atoms with Crippen molar-refractivity contribution in [2.45, 2.75) is 29.7 Å². The molecule has 4 rings (SSSR count). The summed E-state index contributed by atoms with van der Waals surface area (Å²) in [4.78, 5) is 40.4. The lowest BCUT2D eigenvalue weighted by atomic mass is 10.1. The van der Waals surface area contributed by atoms with Crippen LogP contribution in [0.2, 0.25) is 0 Å². The fourth-order valence-corrected chi connectivity index (χ4v) is 5.51. The van der Waals surface area contributed by atoms with Gasteiger partial charge in [0.25, 0.3) is 11.8 Å². The summed E-state index contributed by atoms with van der Waals surface area (Å²) in [6, 6.07) is 23.7. The fourth-order valence-electron chi connectivity index (χ4n) is 3.84. The van der Waals surface area contributed by atoms with Crippen molar-refractivity contribution in [2.24, 2.45) is 0 Å². The Labute approximate surface area is 249 Å². The first-order chi connectivity index (χ1) is 20.1. The van der Waals surface area contributed by atoms with E-state index in [1.165, 1.54) is 29.5 Å². The van der Waals surface area contributed by atoms with Gasteiger partial charge in [-0.05, 0) is 66.4 Å². The van der Waals surface area contributed by atoms with Crippen LogP contribution in [0.5, 0.6) is 0 Å². The molecule has 3 amide bonds. The molecule has 42 heavy (non-hydrogen) atoms. The van der Waals surface area contributed by atoms with Crippen molar-refractivity contribution in [3.63, 3.8) is 0 Å². The van der Waals surface area contributed by atoms with Gasteiger partial charge in [-0.15, -0.1) is 23.1 Å². The summed E-state index contributed by atoms with van der Waals surface area (Å²) in [5.41, 5.74) is -0.388. The van der Waals surface area contributed by atoms with E-state index in [0.29, 0.717) is 22.6 Å². The molecule has 0 saturated heterocycles. The predicted molar refractivity (Wildman–Crippen MR) is 161 cm³/mol. The van der Waals surface area contributed by atoms with E-state index in [-0.39, 0.29) is 11.4 Å². The standard InChI is InChI=1S/C31H26F3N3O3S2/c1-2-27(30(40)36-25-16-7-6-15-24(25)31(32,33)34)42-23-13-8-12-21(18-23)35-29(39)26(19-22-14-9-17-41-22)37-28(38)20-10-4-3-5-11-20/h3-19,27H,2H2,1H3,(H,35,39)(H,36,40)(H,37,38)/b26-19-. The van der Waals surface area contributed by atoms with Gasteiger partial charge in [0.2, 0.25) is 5.91 Å². The molecule has 4 aromatic rings. The lowest BCUT2D eigenvalue weighted by Crippen LogP contribution is -2.30. The van der Waals surface area contributed by atoms with E-state index in [2.05, 4.69) is 16.0 Å². The van der Waals surface area contributed by atoms with Gasteiger partial charge < -0.3 is 16.0 Å². The van der Waals surface area contributed by atoms with E-state index in [1.54, 1.807) is 67.6 Å². The summed E-state index contributed by atoms with van der Waals surface area (Å²) in [5, 5.41) is 9.02. The van der Waals surface area contributed by atoms with Gasteiger partial charge >= 0.3 is 6.18 Å². The Kier molecular flexibility index (Phi) is 10.2. The molecule has 1 aromatic heterocycles. The Morgan fingerprint density at radius 2 is 1.64 bits per heavy atom. The second kappa shape index (κ2) is 14.0. The predicted octanol–water partition coefficient (Wildman–Crippen LogP) is 7.69. The van der Waals surface area contributed by atoms with Gasteiger partial charge in [-0.2, -0.15) is 13.2 Å². The van der Waals surface area contributed by atoms with Gasteiger partial charge in [0.05, 0.1) is 16.5 Å². The molecule has 0 aliphatic heterocycles. The van der Waals surface area contributed by atoms with Crippen LogP contribution in [0, 0.1) is 0 Å². The molecule has 0 radical (unpaired) electrons. The Hall–Kier alpha value is -4.35. The molecular formula is C31H26F3N3O3S2. The zero-order valence-electron chi connectivity index (χ0n) is 22.3. The molecule has 1 atom stereocenters. The van der Waals surface area contributed by atoms with E-state index in [0.717, 1.165) is 22.7 Å². The number of alkyl halides is 3. The van der Waals surface area contributed by atoms with E-state index >= 15 is 0 Å². The Bertz CT molecular complexity index is 1570. The average molecular weight is 610 g/mol. The molecule has 216 valence electrons. The molecule has 0 saturated carbocycles. The number of thioether (sulfide) groups is 1. The van der Waals surface area contributed by atoms with Crippen LogP contribution in [0.3, 0.4) is 0 Å². The zero-order valence-corrected chi connectivity index (χ0v) is 23.9. The van der Waals surface area contributed by atoms with Crippen LogP contribution < -0.4 is 16.0 Å². The molecule has 1 unspecified atom stereocenters. The van der Waals surface area contributed by atoms with Crippen molar-refractivity contribution in [3.8, 4) is 0 Å². The van der Waals surface area contributed by atoms with E-state index in [1.807, 2.05) is 17.5 Å². The van der Waals surface area contributed by atoms with Crippen LogP contribution in [0.4, 0.5) is 24.5 Å². The largest absolute Gasteiger partial charge is 0.418 e. The minimum Gasteiger partial charge on any atom is -0.325 e. The first-order valence-corrected chi connectivity index (χ1v) is 14.6. The minimum atomic E-state index is -4.61. The molecule has 1 heterocycles. The molecule has 0 bridgehead atoms. The van der Waals surface area contributed by atoms with Crippen LogP contribution in [-0.4, -0.2) is 23.0 Å². The lowest BCUT2D eigenvalue weighted by Gasteiger charge is -2.18. The van der Waals surface area contributed by atoms with Crippen molar-refractivity contribution < 1.29 is 27.6 Å². The molecule has 3 N–H and O–H groups in total. The van der Waals surface area contributed by atoms with Crippen molar-refractivity contribution in [3.05, 3.63) is 118 Å². The highest BCUT2D eigenvalue weighted by atomic mass is 32.2. The van der Waals surface area contributed by atoms with E-state index < -0.39 is 34.7 Å². The summed E-state index contributed by atoms with van der Waals surface area (Å²) >= 11 is 2.57. The van der Waals surface area contributed by atoms with Gasteiger partial charge in [0, 0.05) is 21.0 Å². The van der Waals surface area contributed by atoms with Crippen LogP contribution >= 0.6 is 23.1 Å². The molecule has 11 heteroatoms. The monoisotopic (exact) mass is 609 g/mol. The number of benzene rings is 3.